The van der Waals surface area contributed by atoms with Crippen molar-refractivity contribution in [1.82, 2.24) is 12.3 Å². The van der Waals surface area contributed by atoms with Crippen LogP contribution in [0, 0.1) is 0 Å². The third kappa shape index (κ3) is 263. The van der Waals surface area contributed by atoms with Gasteiger partial charge in [0.05, 0.1) is 0 Å². The molecule has 0 aliphatic rings. The lowest BCUT2D eigenvalue weighted by atomic mass is 11.3. The second-order valence-electron chi connectivity index (χ2n) is 0. The molecule has 12 heavy (non-hydrogen) atoms. The highest BCUT2D eigenvalue weighted by Gasteiger charge is 0.609. The summed E-state index contributed by atoms with van der Waals surface area (Å²) < 4.78 is 0. The summed E-state index contributed by atoms with van der Waals surface area (Å²) in [5.41, 5.74) is 0. The standard InChI is InChI=1S/5C2H4.2H3N/c5*1-2;;/h5*1-2H2;2*1H3. The second-order valence-corrected chi connectivity index (χ2v) is 0. The molecule has 0 saturated heterocycles. The SMILES string of the molecule is C=C.C=C.C=C.C=C.C=C.N.N. The van der Waals surface area contributed by atoms with Crippen LogP contribution < -0.4 is 12.3 Å². The molecular weight excluding hydrogens is 148 g/mol. The second kappa shape index (κ2) is 375. The van der Waals surface area contributed by atoms with Gasteiger partial charge in [0, 0.05) is 0 Å². The van der Waals surface area contributed by atoms with Crippen LogP contribution in [0.3, 0.4) is 0 Å². The van der Waals surface area contributed by atoms with E-state index in [1.807, 2.05) is 0 Å². The van der Waals surface area contributed by atoms with Gasteiger partial charge in [-0.1, -0.05) is 0 Å². The van der Waals surface area contributed by atoms with Gasteiger partial charge >= 0.3 is 0 Å². The highest BCUT2D eigenvalue weighted by atomic mass is 14.0. The lowest BCUT2D eigenvalue weighted by Gasteiger charge is -0.813. The van der Waals surface area contributed by atoms with Crippen molar-refractivity contribution in [2.45, 2.75) is 0 Å². The van der Waals surface area contributed by atoms with Gasteiger partial charge in [-0.15, -0.1) is 65.8 Å². The molecule has 6 N–H and O–H groups in total. The number of hydrogen-bond donors (Lipinski definition) is 2. The Balaban J connectivity index is -0.00000000500. The highest BCUT2D eigenvalue weighted by Crippen LogP contribution is 0.870. The van der Waals surface area contributed by atoms with E-state index in [1.54, 1.807) is 0 Å². The normalized spacial score (nSPS) is 1.67. The maximum absolute atomic E-state index is 3.00. The Kier molecular flexibility index (Phi) is 2350. The van der Waals surface area contributed by atoms with Crippen LogP contribution in [0.25, 0.3) is 0 Å². The van der Waals surface area contributed by atoms with E-state index in [-0.39, 0.29) is 12.3 Å². The van der Waals surface area contributed by atoms with Crippen LogP contribution in [0.2, 0.25) is 0 Å². The van der Waals surface area contributed by atoms with Gasteiger partial charge in [-0.05, 0) is 0 Å². The first kappa shape index (κ1) is 75.0. The molecular formula is C10H26N2. The van der Waals surface area contributed by atoms with Crippen molar-refractivity contribution < 1.29 is 0 Å². The molecule has 2 heteroatoms. The summed E-state index contributed by atoms with van der Waals surface area (Å²) in [6, 6.07) is 0. The molecule has 2 nitrogen and oxygen atoms in total. The van der Waals surface area contributed by atoms with Crippen LogP contribution >= 0.6 is 0 Å². The van der Waals surface area contributed by atoms with Crippen LogP contribution in [0.1, 0.15) is 0 Å². The Hall–Kier alpha value is -1.38. The van der Waals surface area contributed by atoms with Gasteiger partial charge in [-0.2, -0.15) is 0 Å². The van der Waals surface area contributed by atoms with Gasteiger partial charge in [0.25, 0.3) is 0 Å². The molecule has 0 radical (unpaired) electrons. The van der Waals surface area contributed by atoms with E-state index in [4.69, 9.17) is 0 Å². The fourth-order valence-electron chi connectivity index (χ4n) is 0. The van der Waals surface area contributed by atoms with Crippen molar-refractivity contribution in [3.8, 4) is 0 Å². The fraction of sp³-hybridized carbons (Fsp3) is 0. The number of rotatable bonds is 0. The van der Waals surface area contributed by atoms with Crippen molar-refractivity contribution in [3.63, 3.8) is 0 Å². The van der Waals surface area contributed by atoms with Crippen molar-refractivity contribution >= 4 is 0 Å². The first-order valence-electron chi connectivity index (χ1n) is 2.50. The van der Waals surface area contributed by atoms with Gasteiger partial charge in [0.1, 0.15) is 0 Å². The molecule has 0 saturated carbocycles. The molecule has 0 aliphatic heterocycles. The topological polar surface area (TPSA) is 70.0 Å². The average molecular weight is 174 g/mol. The summed E-state index contributed by atoms with van der Waals surface area (Å²) in [6.07, 6.45) is 0. The lowest BCUT2D eigenvalue weighted by molar-refractivity contribution is 2.13. The van der Waals surface area contributed by atoms with Crippen LogP contribution in [0.4, 0.5) is 0 Å². The summed E-state index contributed by atoms with van der Waals surface area (Å²) >= 11 is 0. The zero-order valence-corrected chi connectivity index (χ0v) is 8.49. The Morgan fingerprint density at radius 2 is 0.250 bits per heavy atom. The predicted molar refractivity (Wildman–Crippen MR) is 66.3 cm³/mol. The molecule has 0 atom stereocenters. The quantitative estimate of drug-likeness (QED) is 0.536. The molecule has 0 bridgehead atoms. The van der Waals surface area contributed by atoms with E-state index in [2.05, 4.69) is 65.8 Å². The molecule has 0 aromatic carbocycles. The average Bonchev–Trinajstić information content (AvgIpc) is 2.20. The third-order valence-electron chi connectivity index (χ3n) is 0. The Bertz CT molecular complexity index is 19.4. The minimum atomic E-state index is 0. The van der Waals surface area contributed by atoms with Crippen molar-refractivity contribution in [2.75, 3.05) is 0 Å². The first-order chi connectivity index (χ1) is 5.00. The third-order valence-corrected chi connectivity index (χ3v) is 0. The summed E-state index contributed by atoms with van der Waals surface area (Å²) in [4.78, 5) is 0. The van der Waals surface area contributed by atoms with Crippen molar-refractivity contribution in [3.05, 3.63) is 65.8 Å². The molecule has 0 aromatic rings. The van der Waals surface area contributed by atoms with E-state index in [9.17, 15) is 0 Å². The highest BCUT2D eigenvalue weighted by molar-refractivity contribution is 4.23. The molecule has 0 fully saturated rings. The molecule has 76 valence electrons. The van der Waals surface area contributed by atoms with Crippen LogP contribution in [-0.2, 0) is 0 Å². The maximum atomic E-state index is 3.00. The van der Waals surface area contributed by atoms with Crippen LogP contribution in [0.15, 0.2) is 65.8 Å². The molecule has 0 aliphatic carbocycles. The fourth-order valence-corrected chi connectivity index (χ4v) is 0. The Labute approximate surface area is 78.9 Å². The van der Waals surface area contributed by atoms with E-state index >= 15 is 0 Å². The first-order valence-corrected chi connectivity index (χ1v) is 2.50. The van der Waals surface area contributed by atoms with Crippen molar-refractivity contribution in [2.24, 2.45) is 0 Å². The summed E-state index contributed by atoms with van der Waals surface area (Å²) in [7, 11) is 0. The Morgan fingerprint density at radius 3 is 0.250 bits per heavy atom. The van der Waals surface area contributed by atoms with Crippen LogP contribution in [0.5, 0.6) is 0 Å². The maximum Gasteiger partial charge on any atom is -0.106 e. The van der Waals surface area contributed by atoms with E-state index in [1.165, 1.54) is 0 Å². The van der Waals surface area contributed by atoms with Gasteiger partial charge < -0.3 is 12.3 Å². The minimum Gasteiger partial charge on any atom is -0.344 e. The summed E-state index contributed by atoms with van der Waals surface area (Å²) in [5.74, 6) is 0. The molecule has 0 amide bonds. The predicted octanol–water partition coefficient (Wildman–Crippen LogP) is 4.34. The van der Waals surface area contributed by atoms with Gasteiger partial charge in [-0.3, -0.25) is 0 Å². The van der Waals surface area contributed by atoms with Gasteiger partial charge in [0.2, 0.25) is 0 Å². The molecule has 0 unspecified atom stereocenters. The Morgan fingerprint density at radius 1 is 0.250 bits per heavy atom. The van der Waals surface area contributed by atoms with E-state index in [0.29, 0.717) is 0 Å². The largest absolute Gasteiger partial charge is 0.344 e. The van der Waals surface area contributed by atoms with Crippen molar-refractivity contribution in [1.29, 1.82) is 0 Å². The summed E-state index contributed by atoms with van der Waals surface area (Å²) in [5, 5.41) is 0. The van der Waals surface area contributed by atoms with E-state index < -0.39 is 0 Å². The van der Waals surface area contributed by atoms with Gasteiger partial charge in [-0.25, -0.2) is 0 Å². The smallest absolute Gasteiger partial charge is 0.106 e. The lowest BCUT2D eigenvalue weighted by Crippen LogP contribution is -0.552. The van der Waals surface area contributed by atoms with E-state index in [0.717, 1.165) is 0 Å². The van der Waals surface area contributed by atoms with Crippen LogP contribution in [-0.4, -0.2) is 0 Å². The zero-order chi connectivity index (χ0) is 10.0. The molecule has 0 heterocycles. The summed E-state index contributed by atoms with van der Waals surface area (Å²) in [6.45, 7) is 30.0. The number of hydrogen-bond acceptors (Lipinski definition) is 2. The van der Waals surface area contributed by atoms with Gasteiger partial charge in [0.15, 0.2) is 0 Å². The molecule has 0 spiro atoms. The molecule has 0 aromatic heterocycles. The minimum absolute atomic E-state index is 0. The zero-order valence-electron chi connectivity index (χ0n) is 8.49. The molecule has 0 rings (SSSR count). The monoisotopic (exact) mass is 174 g/mol.